The van der Waals surface area contributed by atoms with E-state index in [1.54, 1.807) is 6.92 Å². The average molecular weight is 257 g/mol. The second kappa shape index (κ2) is 6.69. The molecule has 0 spiro atoms. The molecular weight excluding hydrogens is 236 g/mol. The first-order valence-corrected chi connectivity index (χ1v) is 6.38. The maximum atomic E-state index is 13.8. The highest BCUT2D eigenvalue weighted by Crippen LogP contribution is 2.26. The van der Waals surface area contributed by atoms with E-state index in [1.165, 1.54) is 12.1 Å². The van der Waals surface area contributed by atoms with Crippen LogP contribution in [0, 0.1) is 11.6 Å². The van der Waals surface area contributed by atoms with Gasteiger partial charge in [-0.15, -0.1) is 0 Å². The summed E-state index contributed by atoms with van der Waals surface area (Å²) in [4.78, 5) is 0. The Bertz CT molecular complexity index is 366. The molecule has 0 heterocycles. The van der Waals surface area contributed by atoms with Crippen LogP contribution >= 0.6 is 0 Å². The number of nitrogens with two attached hydrogens (primary N) is 1. The van der Waals surface area contributed by atoms with E-state index in [0.717, 1.165) is 12.8 Å². The van der Waals surface area contributed by atoms with E-state index in [-0.39, 0.29) is 17.9 Å². The van der Waals surface area contributed by atoms with E-state index in [9.17, 15) is 8.78 Å². The molecule has 0 saturated heterocycles. The van der Waals surface area contributed by atoms with Gasteiger partial charge in [-0.3, -0.25) is 0 Å². The molecule has 1 unspecified atom stereocenters. The summed E-state index contributed by atoms with van der Waals surface area (Å²) in [6, 6.07) is 2.46. The quantitative estimate of drug-likeness (QED) is 0.847. The Morgan fingerprint density at radius 1 is 1.17 bits per heavy atom. The molecule has 0 fully saturated rings. The Labute approximate surface area is 107 Å². The minimum atomic E-state index is -0.655. The molecule has 1 atom stereocenters. The highest BCUT2D eigenvalue weighted by Gasteiger charge is 2.16. The van der Waals surface area contributed by atoms with E-state index in [0.29, 0.717) is 12.0 Å². The van der Waals surface area contributed by atoms with Gasteiger partial charge < -0.3 is 10.5 Å². The van der Waals surface area contributed by atoms with Crippen molar-refractivity contribution >= 4 is 0 Å². The van der Waals surface area contributed by atoms with Crippen molar-refractivity contribution in [2.45, 2.75) is 52.2 Å². The summed E-state index contributed by atoms with van der Waals surface area (Å²) >= 11 is 0. The van der Waals surface area contributed by atoms with Crippen molar-refractivity contribution in [3.05, 3.63) is 29.3 Å². The second-order valence-electron chi connectivity index (χ2n) is 4.63. The Morgan fingerprint density at radius 2 is 1.67 bits per heavy atom. The van der Waals surface area contributed by atoms with Crippen LogP contribution in [0.25, 0.3) is 0 Å². The molecule has 0 aliphatic heterocycles. The van der Waals surface area contributed by atoms with Crippen molar-refractivity contribution in [1.29, 1.82) is 0 Å². The minimum absolute atomic E-state index is 0.130. The Balaban J connectivity index is 2.93. The van der Waals surface area contributed by atoms with E-state index in [4.69, 9.17) is 10.5 Å². The highest BCUT2D eigenvalue weighted by molar-refractivity contribution is 5.32. The third-order valence-electron chi connectivity index (χ3n) is 2.81. The third kappa shape index (κ3) is 3.95. The number of rotatable bonds is 6. The van der Waals surface area contributed by atoms with E-state index < -0.39 is 11.6 Å². The molecule has 1 aromatic carbocycles. The molecule has 4 heteroatoms. The van der Waals surface area contributed by atoms with Crippen LogP contribution in [0.4, 0.5) is 8.78 Å². The first kappa shape index (κ1) is 14.9. The first-order valence-electron chi connectivity index (χ1n) is 6.38. The van der Waals surface area contributed by atoms with Crippen LogP contribution in [0.15, 0.2) is 12.1 Å². The Kier molecular flexibility index (Phi) is 5.54. The normalized spacial score (nSPS) is 12.8. The summed E-state index contributed by atoms with van der Waals surface area (Å²) in [5.74, 6) is -1.59. The molecule has 0 aromatic heterocycles. The van der Waals surface area contributed by atoms with Crippen LogP contribution < -0.4 is 10.5 Å². The second-order valence-corrected chi connectivity index (χ2v) is 4.63. The van der Waals surface area contributed by atoms with Gasteiger partial charge in [0.15, 0.2) is 17.4 Å². The van der Waals surface area contributed by atoms with Gasteiger partial charge in [0.05, 0.1) is 6.10 Å². The molecule has 0 amide bonds. The summed E-state index contributed by atoms with van der Waals surface area (Å²) < 4.78 is 32.9. The fraction of sp³-hybridized carbons (Fsp3) is 0.571. The zero-order chi connectivity index (χ0) is 13.7. The smallest absolute Gasteiger partial charge is 0.191 e. The maximum Gasteiger partial charge on any atom is 0.191 e. The van der Waals surface area contributed by atoms with E-state index in [2.05, 4.69) is 0 Å². The van der Waals surface area contributed by atoms with Gasteiger partial charge in [0, 0.05) is 6.04 Å². The molecule has 0 radical (unpaired) electrons. The first-order chi connectivity index (χ1) is 8.47. The number of ether oxygens (including phenoxy) is 1. The molecule has 102 valence electrons. The van der Waals surface area contributed by atoms with Crippen molar-refractivity contribution in [2.24, 2.45) is 5.73 Å². The number of hydrogen-bond acceptors (Lipinski definition) is 2. The van der Waals surface area contributed by atoms with Gasteiger partial charge in [-0.05, 0) is 43.9 Å². The lowest BCUT2D eigenvalue weighted by Crippen LogP contribution is -2.19. The van der Waals surface area contributed by atoms with Gasteiger partial charge in [-0.1, -0.05) is 13.8 Å². The fourth-order valence-corrected chi connectivity index (χ4v) is 1.84. The van der Waals surface area contributed by atoms with Gasteiger partial charge in [-0.2, -0.15) is 0 Å². The molecule has 18 heavy (non-hydrogen) atoms. The monoisotopic (exact) mass is 257 g/mol. The van der Waals surface area contributed by atoms with Gasteiger partial charge in [0.1, 0.15) is 0 Å². The predicted molar refractivity (Wildman–Crippen MR) is 68.7 cm³/mol. The van der Waals surface area contributed by atoms with Gasteiger partial charge in [-0.25, -0.2) is 8.78 Å². The zero-order valence-corrected chi connectivity index (χ0v) is 11.2. The summed E-state index contributed by atoms with van der Waals surface area (Å²) in [6.07, 6.45) is 1.72. The van der Waals surface area contributed by atoms with Gasteiger partial charge in [0.25, 0.3) is 0 Å². The Hall–Kier alpha value is -1.16. The lowest BCUT2D eigenvalue weighted by molar-refractivity contribution is 0.175. The predicted octanol–water partition coefficient (Wildman–Crippen LogP) is 3.42. The van der Waals surface area contributed by atoms with Crippen molar-refractivity contribution in [3.63, 3.8) is 0 Å². The lowest BCUT2D eigenvalue weighted by atomic mass is 10.1. The Morgan fingerprint density at radius 3 is 2.06 bits per heavy atom. The molecule has 2 N–H and O–H groups in total. The van der Waals surface area contributed by atoms with Crippen molar-refractivity contribution in [1.82, 2.24) is 0 Å². The van der Waals surface area contributed by atoms with Gasteiger partial charge in [0.2, 0.25) is 0 Å². The molecule has 1 aromatic rings. The summed E-state index contributed by atoms with van der Waals surface area (Å²) in [7, 11) is 0. The number of halogens is 2. The molecule has 2 nitrogen and oxygen atoms in total. The molecule has 1 rings (SSSR count). The van der Waals surface area contributed by atoms with Crippen LogP contribution in [0.2, 0.25) is 0 Å². The SMILES string of the molecule is CCC(CC)Oc1c(F)cc(CC(C)N)cc1F. The standard InChI is InChI=1S/C14H21F2NO/c1-4-11(5-2)18-14-12(15)7-10(6-9(3)17)8-13(14)16/h7-9,11H,4-6,17H2,1-3H3. The van der Waals surface area contributed by atoms with Crippen LogP contribution in [0.1, 0.15) is 39.2 Å². The molecule has 0 aliphatic rings. The van der Waals surface area contributed by atoms with Gasteiger partial charge >= 0.3 is 0 Å². The third-order valence-corrected chi connectivity index (χ3v) is 2.81. The number of benzene rings is 1. The minimum Gasteiger partial charge on any atom is -0.484 e. The van der Waals surface area contributed by atoms with E-state index in [1.807, 2.05) is 13.8 Å². The molecule has 0 aliphatic carbocycles. The largest absolute Gasteiger partial charge is 0.484 e. The molecule has 0 bridgehead atoms. The summed E-state index contributed by atoms with van der Waals surface area (Å²) in [5.41, 5.74) is 6.16. The summed E-state index contributed by atoms with van der Waals surface area (Å²) in [6.45, 7) is 5.65. The highest BCUT2D eigenvalue weighted by atomic mass is 19.1. The lowest BCUT2D eigenvalue weighted by Gasteiger charge is -2.17. The topological polar surface area (TPSA) is 35.2 Å². The van der Waals surface area contributed by atoms with Crippen LogP contribution in [0.3, 0.4) is 0 Å². The summed E-state index contributed by atoms with van der Waals surface area (Å²) in [5, 5.41) is 0. The molecular formula is C14H21F2NO. The zero-order valence-electron chi connectivity index (χ0n) is 11.2. The van der Waals surface area contributed by atoms with Crippen LogP contribution in [0.5, 0.6) is 5.75 Å². The van der Waals surface area contributed by atoms with Crippen molar-refractivity contribution in [2.75, 3.05) is 0 Å². The molecule has 0 saturated carbocycles. The fourth-order valence-electron chi connectivity index (χ4n) is 1.84. The maximum absolute atomic E-state index is 13.8. The average Bonchev–Trinajstić information content (AvgIpc) is 2.27. The number of hydrogen-bond donors (Lipinski definition) is 1. The van der Waals surface area contributed by atoms with Crippen molar-refractivity contribution < 1.29 is 13.5 Å². The van der Waals surface area contributed by atoms with Crippen LogP contribution in [-0.2, 0) is 6.42 Å². The van der Waals surface area contributed by atoms with Crippen LogP contribution in [-0.4, -0.2) is 12.1 Å². The van der Waals surface area contributed by atoms with E-state index >= 15 is 0 Å². The van der Waals surface area contributed by atoms with Crippen molar-refractivity contribution in [3.8, 4) is 5.75 Å².